The van der Waals surface area contributed by atoms with Crippen molar-refractivity contribution in [3.63, 3.8) is 0 Å². The number of aryl methyl sites for hydroxylation is 1. The summed E-state index contributed by atoms with van der Waals surface area (Å²) >= 11 is 1.89. The molecule has 19 heavy (non-hydrogen) atoms. The zero-order chi connectivity index (χ0) is 13.9. The van der Waals surface area contributed by atoms with Gasteiger partial charge in [-0.25, -0.2) is 0 Å². The fraction of sp³-hybridized carbons (Fsp3) is 0.765. The molecule has 1 unspecified atom stereocenters. The second kappa shape index (κ2) is 6.41. The summed E-state index contributed by atoms with van der Waals surface area (Å²) < 4.78 is 0. The van der Waals surface area contributed by atoms with Gasteiger partial charge in [0.05, 0.1) is 0 Å². The van der Waals surface area contributed by atoms with Crippen LogP contribution < -0.4 is 5.32 Å². The third-order valence-electron chi connectivity index (χ3n) is 4.58. The standard InChI is InChI=1S/C17H29NS/c1-13(2)11-17(8-5-6-9-17)12-18-15(4)16-14(3)7-10-19-16/h7,10,13,15,18H,5-6,8-9,11-12H2,1-4H3. The van der Waals surface area contributed by atoms with Crippen LogP contribution in [0, 0.1) is 18.3 Å². The van der Waals surface area contributed by atoms with Crippen LogP contribution in [0.15, 0.2) is 11.4 Å². The van der Waals surface area contributed by atoms with Crippen molar-refractivity contribution in [3.05, 3.63) is 21.9 Å². The third kappa shape index (κ3) is 3.82. The highest BCUT2D eigenvalue weighted by Gasteiger charge is 2.34. The lowest BCUT2D eigenvalue weighted by Crippen LogP contribution is -2.34. The van der Waals surface area contributed by atoms with Crippen molar-refractivity contribution in [1.82, 2.24) is 5.32 Å². The number of hydrogen-bond acceptors (Lipinski definition) is 2. The lowest BCUT2D eigenvalue weighted by atomic mass is 9.78. The Bertz CT molecular complexity index is 388. The number of rotatable bonds is 6. The molecule has 108 valence electrons. The van der Waals surface area contributed by atoms with Crippen molar-refractivity contribution in [2.75, 3.05) is 6.54 Å². The van der Waals surface area contributed by atoms with Crippen LogP contribution in [0.2, 0.25) is 0 Å². The quantitative estimate of drug-likeness (QED) is 0.743. The normalized spacial score (nSPS) is 20.1. The van der Waals surface area contributed by atoms with E-state index in [0.29, 0.717) is 11.5 Å². The summed E-state index contributed by atoms with van der Waals surface area (Å²) in [6.45, 7) is 10.5. The monoisotopic (exact) mass is 279 g/mol. The second-order valence-electron chi connectivity index (χ2n) is 6.88. The van der Waals surface area contributed by atoms with Gasteiger partial charge in [0.2, 0.25) is 0 Å². The SMILES string of the molecule is Cc1ccsc1C(C)NCC1(CC(C)C)CCCC1. The Hall–Kier alpha value is -0.340. The van der Waals surface area contributed by atoms with E-state index in [0.717, 1.165) is 5.92 Å². The van der Waals surface area contributed by atoms with E-state index in [1.54, 1.807) is 0 Å². The average Bonchev–Trinajstić information content (AvgIpc) is 2.95. The molecule has 1 aliphatic carbocycles. The molecule has 2 heteroatoms. The molecular formula is C17H29NS. The minimum atomic E-state index is 0.504. The van der Waals surface area contributed by atoms with E-state index < -0.39 is 0 Å². The lowest BCUT2D eigenvalue weighted by Gasteiger charge is -2.32. The first-order valence-electron chi connectivity index (χ1n) is 7.80. The summed E-state index contributed by atoms with van der Waals surface area (Å²) in [5.74, 6) is 0.818. The molecule has 0 amide bonds. The summed E-state index contributed by atoms with van der Waals surface area (Å²) in [6, 6.07) is 2.74. The second-order valence-corrected chi connectivity index (χ2v) is 7.82. The van der Waals surface area contributed by atoms with Crippen LogP contribution in [-0.4, -0.2) is 6.54 Å². The Morgan fingerprint density at radius 3 is 2.47 bits per heavy atom. The van der Waals surface area contributed by atoms with Gasteiger partial charge in [0.1, 0.15) is 0 Å². The van der Waals surface area contributed by atoms with Crippen LogP contribution in [0.5, 0.6) is 0 Å². The Labute approximate surface area is 122 Å². The highest BCUT2D eigenvalue weighted by Crippen LogP contribution is 2.43. The van der Waals surface area contributed by atoms with Crippen LogP contribution in [0.1, 0.15) is 69.4 Å². The molecule has 1 aromatic rings. The Kier molecular flexibility index (Phi) is 5.08. The molecule has 1 fully saturated rings. The zero-order valence-corrected chi connectivity index (χ0v) is 13.8. The summed E-state index contributed by atoms with van der Waals surface area (Å²) in [7, 11) is 0. The van der Waals surface area contributed by atoms with Gasteiger partial charge in [-0.05, 0) is 61.5 Å². The van der Waals surface area contributed by atoms with Crippen LogP contribution in [0.3, 0.4) is 0 Å². The number of nitrogens with one attached hydrogen (secondary N) is 1. The van der Waals surface area contributed by atoms with Crippen molar-refractivity contribution in [2.24, 2.45) is 11.3 Å². The van der Waals surface area contributed by atoms with E-state index in [1.165, 1.54) is 49.1 Å². The van der Waals surface area contributed by atoms with Gasteiger partial charge in [-0.2, -0.15) is 0 Å². The number of hydrogen-bond donors (Lipinski definition) is 1. The maximum absolute atomic E-state index is 3.82. The van der Waals surface area contributed by atoms with E-state index in [9.17, 15) is 0 Å². The molecule has 1 N–H and O–H groups in total. The Morgan fingerprint density at radius 2 is 1.95 bits per heavy atom. The Morgan fingerprint density at radius 1 is 1.26 bits per heavy atom. The first-order chi connectivity index (χ1) is 9.02. The summed E-state index contributed by atoms with van der Waals surface area (Å²) in [6.07, 6.45) is 7.10. The van der Waals surface area contributed by atoms with Gasteiger partial charge in [-0.1, -0.05) is 26.7 Å². The van der Waals surface area contributed by atoms with E-state index in [1.807, 2.05) is 11.3 Å². The first-order valence-corrected chi connectivity index (χ1v) is 8.68. The molecule has 0 aromatic carbocycles. The van der Waals surface area contributed by atoms with Gasteiger partial charge in [-0.15, -0.1) is 11.3 Å². The predicted octanol–water partition coefficient (Wildman–Crippen LogP) is 5.31. The van der Waals surface area contributed by atoms with Gasteiger partial charge >= 0.3 is 0 Å². The van der Waals surface area contributed by atoms with Crippen molar-refractivity contribution < 1.29 is 0 Å². The van der Waals surface area contributed by atoms with Crippen molar-refractivity contribution in [3.8, 4) is 0 Å². The summed E-state index contributed by atoms with van der Waals surface area (Å²) in [5.41, 5.74) is 2.02. The van der Waals surface area contributed by atoms with Crippen LogP contribution in [-0.2, 0) is 0 Å². The van der Waals surface area contributed by atoms with E-state index in [4.69, 9.17) is 0 Å². The minimum absolute atomic E-state index is 0.504. The predicted molar refractivity (Wildman–Crippen MR) is 85.8 cm³/mol. The van der Waals surface area contributed by atoms with Gasteiger partial charge in [-0.3, -0.25) is 0 Å². The summed E-state index contributed by atoms with van der Waals surface area (Å²) in [4.78, 5) is 1.51. The molecule has 1 heterocycles. The fourth-order valence-corrected chi connectivity index (χ4v) is 4.69. The van der Waals surface area contributed by atoms with Crippen LogP contribution in [0.4, 0.5) is 0 Å². The molecule has 0 radical (unpaired) electrons. The zero-order valence-electron chi connectivity index (χ0n) is 13.0. The molecule has 0 spiro atoms. The lowest BCUT2D eigenvalue weighted by molar-refractivity contribution is 0.217. The fourth-order valence-electron chi connectivity index (χ4n) is 3.73. The molecule has 2 rings (SSSR count). The van der Waals surface area contributed by atoms with E-state index >= 15 is 0 Å². The smallest absolute Gasteiger partial charge is 0.0388 e. The Balaban J connectivity index is 1.94. The topological polar surface area (TPSA) is 12.0 Å². The molecule has 1 atom stereocenters. The van der Waals surface area contributed by atoms with Crippen molar-refractivity contribution >= 4 is 11.3 Å². The highest BCUT2D eigenvalue weighted by molar-refractivity contribution is 7.10. The molecule has 1 aliphatic rings. The molecule has 1 saturated carbocycles. The number of thiophene rings is 1. The van der Waals surface area contributed by atoms with E-state index in [2.05, 4.69) is 44.5 Å². The molecular weight excluding hydrogens is 250 g/mol. The molecule has 0 bridgehead atoms. The van der Waals surface area contributed by atoms with Crippen molar-refractivity contribution in [2.45, 2.75) is 65.8 Å². The van der Waals surface area contributed by atoms with Crippen LogP contribution in [0.25, 0.3) is 0 Å². The third-order valence-corrected chi connectivity index (χ3v) is 5.79. The van der Waals surface area contributed by atoms with Gasteiger partial charge in [0.15, 0.2) is 0 Å². The van der Waals surface area contributed by atoms with Crippen LogP contribution >= 0.6 is 11.3 Å². The van der Waals surface area contributed by atoms with Gasteiger partial charge in [0.25, 0.3) is 0 Å². The first kappa shape index (κ1) is 15.1. The molecule has 1 nitrogen and oxygen atoms in total. The van der Waals surface area contributed by atoms with Crippen molar-refractivity contribution in [1.29, 1.82) is 0 Å². The maximum Gasteiger partial charge on any atom is 0.0388 e. The van der Waals surface area contributed by atoms with E-state index in [-0.39, 0.29) is 0 Å². The average molecular weight is 279 g/mol. The molecule has 0 aliphatic heterocycles. The molecule has 1 aromatic heterocycles. The van der Waals surface area contributed by atoms with Gasteiger partial charge < -0.3 is 5.32 Å². The largest absolute Gasteiger partial charge is 0.309 e. The minimum Gasteiger partial charge on any atom is -0.309 e. The summed E-state index contributed by atoms with van der Waals surface area (Å²) in [5, 5.41) is 6.04. The van der Waals surface area contributed by atoms with Gasteiger partial charge in [0, 0.05) is 17.5 Å². The highest BCUT2D eigenvalue weighted by atomic mass is 32.1. The maximum atomic E-state index is 3.82. The molecule has 0 saturated heterocycles.